The van der Waals surface area contributed by atoms with E-state index in [1.54, 1.807) is 17.0 Å². The van der Waals surface area contributed by atoms with Crippen LogP contribution in [0.3, 0.4) is 0 Å². The second-order valence-corrected chi connectivity index (χ2v) is 7.78. The zero-order chi connectivity index (χ0) is 19.4. The predicted molar refractivity (Wildman–Crippen MR) is 102 cm³/mol. The molecule has 28 heavy (non-hydrogen) atoms. The maximum Gasteiger partial charge on any atom is 0.270 e. The van der Waals surface area contributed by atoms with Crippen molar-refractivity contribution in [2.75, 3.05) is 20.1 Å². The van der Waals surface area contributed by atoms with Crippen LogP contribution >= 0.6 is 0 Å². The summed E-state index contributed by atoms with van der Waals surface area (Å²) < 4.78 is 17.5. The van der Waals surface area contributed by atoms with Gasteiger partial charge in [-0.15, -0.1) is 10.2 Å². The zero-order valence-electron chi connectivity index (χ0n) is 16.1. The summed E-state index contributed by atoms with van der Waals surface area (Å²) >= 11 is 0. The molecule has 0 aliphatic carbocycles. The molecular weight excluding hydrogens is 359 g/mol. The Morgan fingerprint density at radius 2 is 2.00 bits per heavy atom. The Bertz CT molecular complexity index is 1070. The van der Waals surface area contributed by atoms with Gasteiger partial charge in [0.1, 0.15) is 11.5 Å². The van der Waals surface area contributed by atoms with Crippen molar-refractivity contribution in [1.29, 1.82) is 0 Å². The minimum Gasteiger partial charge on any atom is -0.340 e. The van der Waals surface area contributed by atoms with Gasteiger partial charge < -0.3 is 14.0 Å². The lowest BCUT2D eigenvalue weighted by Crippen LogP contribution is -2.39. The number of rotatable bonds is 2. The Balaban J connectivity index is 1.41. The molecule has 4 heterocycles. The molecular formula is C20H23FN6O. The minimum atomic E-state index is -0.299. The Hall–Kier alpha value is -2.74. The molecule has 1 saturated heterocycles. The van der Waals surface area contributed by atoms with Crippen LogP contribution in [0.4, 0.5) is 4.39 Å². The van der Waals surface area contributed by atoms with Crippen LogP contribution in [-0.2, 0) is 20.1 Å². The van der Waals surface area contributed by atoms with Crippen molar-refractivity contribution in [2.24, 2.45) is 7.05 Å². The van der Waals surface area contributed by atoms with Gasteiger partial charge in [0.2, 0.25) is 0 Å². The van der Waals surface area contributed by atoms with Gasteiger partial charge in [0.25, 0.3) is 5.91 Å². The molecule has 1 fully saturated rings. The number of aromatic nitrogens is 4. The number of benzene rings is 1. The summed E-state index contributed by atoms with van der Waals surface area (Å²) in [7, 11) is 3.97. The summed E-state index contributed by atoms with van der Waals surface area (Å²) in [6.45, 7) is 2.84. The molecule has 0 saturated carbocycles. The predicted octanol–water partition coefficient (Wildman–Crippen LogP) is 2.33. The van der Waals surface area contributed by atoms with E-state index in [1.807, 2.05) is 11.6 Å². The topological polar surface area (TPSA) is 59.2 Å². The van der Waals surface area contributed by atoms with Gasteiger partial charge in [0.05, 0.1) is 12.6 Å². The summed E-state index contributed by atoms with van der Waals surface area (Å²) in [5, 5.41) is 9.55. The van der Waals surface area contributed by atoms with Gasteiger partial charge in [-0.2, -0.15) is 0 Å². The maximum atomic E-state index is 13.5. The van der Waals surface area contributed by atoms with E-state index in [9.17, 15) is 9.18 Å². The smallest absolute Gasteiger partial charge is 0.270 e. The highest BCUT2D eigenvalue weighted by Crippen LogP contribution is 2.31. The molecule has 2 aromatic heterocycles. The van der Waals surface area contributed by atoms with E-state index in [0.29, 0.717) is 31.4 Å². The van der Waals surface area contributed by atoms with Crippen LogP contribution in [0.5, 0.6) is 0 Å². The van der Waals surface area contributed by atoms with E-state index in [0.717, 1.165) is 35.5 Å². The van der Waals surface area contributed by atoms with Crippen LogP contribution in [0, 0.1) is 5.82 Å². The number of aryl methyl sites for hydroxylation is 1. The van der Waals surface area contributed by atoms with Crippen molar-refractivity contribution in [3.63, 3.8) is 0 Å². The highest BCUT2D eigenvalue weighted by atomic mass is 19.1. The molecule has 1 aromatic carbocycles. The summed E-state index contributed by atoms with van der Waals surface area (Å²) in [4.78, 5) is 17.3. The van der Waals surface area contributed by atoms with E-state index in [4.69, 9.17) is 0 Å². The third-order valence-electron chi connectivity index (χ3n) is 6.11. The van der Waals surface area contributed by atoms with Gasteiger partial charge in [-0.3, -0.25) is 9.69 Å². The zero-order valence-corrected chi connectivity index (χ0v) is 16.1. The molecule has 0 N–H and O–H groups in total. The van der Waals surface area contributed by atoms with Gasteiger partial charge in [-0.05, 0) is 50.7 Å². The number of hydrogen-bond acceptors (Lipinski definition) is 4. The average molecular weight is 382 g/mol. The Kier molecular flexibility index (Phi) is 3.97. The molecule has 1 amide bonds. The van der Waals surface area contributed by atoms with Gasteiger partial charge in [0.15, 0.2) is 11.6 Å². The van der Waals surface area contributed by atoms with Crippen molar-refractivity contribution in [3.05, 3.63) is 47.4 Å². The molecule has 0 bridgehead atoms. The highest BCUT2D eigenvalue weighted by molar-refractivity contribution is 5.98. The fourth-order valence-corrected chi connectivity index (χ4v) is 4.52. The normalized spacial score (nSPS) is 20.1. The second-order valence-electron chi connectivity index (χ2n) is 7.78. The van der Waals surface area contributed by atoms with Crippen LogP contribution in [0.1, 0.15) is 41.0 Å². The van der Waals surface area contributed by atoms with Gasteiger partial charge in [0, 0.05) is 31.0 Å². The first-order valence-corrected chi connectivity index (χ1v) is 9.69. The Morgan fingerprint density at radius 1 is 1.14 bits per heavy atom. The van der Waals surface area contributed by atoms with Crippen molar-refractivity contribution in [2.45, 2.75) is 32.0 Å². The summed E-state index contributed by atoms with van der Waals surface area (Å²) in [5.41, 5.74) is 1.40. The Labute approximate surface area is 162 Å². The maximum absolute atomic E-state index is 13.5. The van der Waals surface area contributed by atoms with E-state index in [-0.39, 0.29) is 11.7 Å². The lowest BCUT2D eigenvalue weighted by molar-refractivity contribution is 0.0695. The van der Waals surface area contributed by atoms with Gasteiger partial charge in [-0.25, -0.2) is 4.39 Å². The molecule has 8 heteroatoms. The molecule has 3 aromatic rings. The van der Waals surface area contributed by atoms with Gasteiger partial charge in [-0.1, -0.05) is 0 Å². The van der Waals surface area contributed by atoms with Crippen LogP contribution in [-0.4, -0.2) is 55.2 Å². The van der Waals surface area contributed by atoms with E-state index in [2.05, 4.69) is 26.7 Å². The lowest BCUT2D eigenvalue weighted by atomic mass is 10.2. The van der Waals surface area contributed by atoms with Crippen molar-refractivity contribution in [1.82, 2.24) is 29.1 Å². The van der Waals surface area contributed by atoms with E-state index in [1.165, 1.54) is 18.6 Å². The molecule has 5 rings (SSSR count). The van der Waals surface area contributed by atoms with Crippen molar-refractivity contribution >= 4 is 16.8 Å². The van der Waals surface area contributed by atoms with Gasteiger partial charge >= 0.3 is 0 Å². The largest absolute Gasteiger partial charge is 0.340 e. The molecule has 146 valence electrons. The first-order chi connectivity index (χ1) is 13.5. The third-order valence-corrected chi connectivity index (χ3v) is 6.11. The third kappa shape index (κ3) is 2.63. The van der Waals surface area contributed by atoms with Crippen LogP contribution < -0.4 is 0 Å². The Morgan fingerprint density at radius 3 is 2.79 bits per heavy atom. The SMILES string of the molecule is CN1CCC[C@@H]1c1nnc2n1CCN(C(=O)c1cc3cc(F)ccc3n1C)C2. The fourth-order valence-electron chi connectivity index (χ4n) is 4.52. The standard InChI is InChI=1S/C20H23FN6O/c1-24-7-3-4-16(24)19-23-22-18-12-26(8-9-27(18)19)20(28)17-11-13-10-14(21)5-6-15(13)25(17)2/h5-6,10-11,16H,3-4,7-9,12H2,1-2H3/t16-/m1/s1. The molecule has 0 unspecified atom stereocenters. The molecule has 2 aliphatic rings. The molecule has 7 nitrogen and oxygen atoms in total. The number of halogens is 1. The fraction of sp³-hybridized carbons (Fsp3) is 0.450. The number of nitrogens with zero attached hydrogens (tertiary/aromatic N) is 6. The average Bonchev–Trinajstić information content (AvgIpc) is 3.37. The quantitative estimate of drug-likeness (QED) is 0.683. The molecule has 0 spiro atoms. The molecule has 1 atom stereocenters. The van der Waals surface area contributed by atoms with Crippen LogP contribution in [0.15, 0.2) is 24.3 Å². The molecule has 2 aliphatic heterocycles. The number of hydrogen-bond donors (Lipinski definition) is 0. The minimum absolute atomic E-state index is 0.0621. The lowest BCUT2D eigenvalue weighted by Gasteiger charge is -2.29. The van der Waals surface area contributed by atoms with Crippen LogP contribution in [0.2, 0.25) is 0 Å². The summed E-state index contributed by atoms with van der Waals surface area (Å²) in [6, 6.07) is 6.67. The highest BCUT2D eigenvalue weighted by Gasteiger charge is 2.32. The first kappa shape index (κ1) is 17.4. The van der Waals surface area contributed by atoms with Crippen molar-refractivity contribution in [3.8, 4) is 0 Å². The second kappa shape index (κ2) is 6.41. The first-order valence-electron chi connectivity index (χ1n) is 9.69. The van der Waals surface area contributed by atoms with Crippen LogP contribution in [0.25, 0.3) is 10.9 Å². The number of amides is 1. The monoisotopic (exact) mass is 382 g/mol. The van der Waals surface area contributed by atoms with Crippen molar-refractivity contribution < 1.29 is 9.18 Å². The van der Waals surface area contributed by atoms with E-state index < -0.39 is 0 Å². The summed E-state index contributed by atoms with van der Waals surface area (Å²) in [5.74, 6) is 1.49. The molecule has 0 radical (unpaired) electrons. The summed E-state index contributed by atoms with van der Waals surface area (Å²) in [6.07, 6.45) is 2.28. The number of carbonyl (C=O) groups is 1. The number of likely N-dealkylation sites (tertiary alicyclic amines) is 1. The number of carbonyl (C=O) groups excluding carboxylic acids is 1. The number of fused-ring (bicyclic) bond motifs is 2. The van der Waals surface area contributed by atoms with E-state index >= 15 is 0 Å².